The zero-order valence-electron chi connectivity index (χ0n) is 18.7. The molecule has 35 heavy (non-hydrogen) atoms. The number of carbonyl (C=O) groups is 1. The minimum atomic E-state index is -4.40. The van der Waals surface area contributed by atoms with Crippen molar-refractivity contribution in [2.45, 2.75) is 24.4 Å². The molecular formula is C26H22F3N5O. The summed E-state index contributed by atoms with van der Waals surface area (Å²) in [5.74, 6) is 1.31. The number of piperidine rings is 1. The third-order valence-electron chi connectivity index (χ3n) is 7.21. The van der Waals surface area contributed by atoms with Gasteiger partial charge in [0, 0.05) is 42.4 Å². The standard InChI is InChI=1S/C26H22F3N5O/c27-26(28,29)17-6-7-20-21(13-17)33-23(32-20)16-5-8-22(30-14-16)34-11-9-25(10-12-34)15-31-24(35)18-3-1-2-4-19(18)25/h1-8,13-14H,9-12,15H2,(H,31,35)(H,32,33). The number of nitrogens with zero attached hydrogens (tertiary/aromatic N) is 3. The molecule has 9 heteroatoms. The number of alkyl halides is 3. The molecule has 4 aromatic rings. The van der Waals surface area contributed by atoms with Gasteiger partial charge in [0.25, 0.3) is 5.91 Å². The highest BCUT2D eigenvalue weighted by Gasteiger charge is 2.41. The van der Waals surface area contributed by atoms with Crippen molar-refractivity contribution in [1.82, 2.24) is 20.3 Å². The lowest BCUT2D eigenvalue weighted by Crippen LogP contribution is -2.53. The first kappa shape index (κ1) is 21.6. The average Bonchev–Trinajstić information content (AvgIpc) is 3.30. The molecule has 2 aromatic heterocycles. The summed E-state index contributed by atoms with van der Waals surface area (Å²) in [6, 6.07) is 15.1. The highest BCUT2D eigenvalue weighted by atomic mass is 19.4. The predicted octanol–water partition coefficient (Wildman–Crippen LogP) is 4.93. The molecule has 0 atom stereocenters. The second kappa shape index (κ2) is 7.83. The lowest BCUT2D eigenvalue weighted by molar-refractivity contribution is -0.137. The van der Waals surface area contributed by atoms with Crippen molar-refractivity contribution >= 4 is 22.8 Å². The van der Waals surface area contributed by atoms with Crippen LogP contribution in [0.3, 0.4) is 0 Å². The van der Waals surface area contributed by atoms with Crippen LogP contribution in [0, 0.1) is 0 Å². The summed E-state index contributed by atoms with van der Waals surface area (Å²) < 4.78 is 39.0. The molecule has 0 saturated carbocycles. The van der Waals surface area contributed by atoms with Gasteiger partial charge in [0.05, 0.1) is 16.6 Å². The minimum absolute atomic E-state index is 0.00822. The fourth-order valence-corrected chi connectivity index (χ4v) is 5.23. The van der Waals surface area contributed by atoms with Crippen molar-refractivity contribution in [3.63, 3.8) is 0 Å². The molecule has 0 radical (unpaired) electrons. The van der Waals surface area contributed by atoms with Gasteiger partial charge in [0.2, 0.25) is 0 Å². The van der Waals surface area contributed by atoms with E-state index in [1.165, 1.54) is 6.07 Å². The fourth-order valence-electron chi connectivity index (χ4n) is 5.23. The lowest BCUT2D eigenvalue weighted by Gasteiger charge is -2.45. The first-order valence-electron chi connectivity index (χ1n) is 11.5. The number of nitrogens with one attached hydrogen (secondary N) is 2. The molecule has 2 aliphatic heterocycles. The van der Waals surface area contributed by atoms with Crippen molar-refractivity contribution < 1.29 is 18.0 Å². The number of H-pyrrole nitrogens is 1. The van der Waals surface area contributed by atoms with Crippen molar-refractivity contribution in [2.75, 3.05) is 24.5 Å². The zero-order chi connectivity index (χ0) is 24.2. The van der Waals surface area contributed by atoms with Crippen LogP contribution >= 0.6 is 0 Å². The summed E-state index contributed by atoms with van der Waals surface area (Å²) in [6.07, 6.45) is -0.906. The van der Waals surface area contributed by atoms with Crippen molar-refractivity contribution in [3.8, 4) is 11.4 Å². The van der Waals surface area contributed by atoms with Crippen LogP contribution in [0.25, 0.3) is 22.4 Å². The Morgan fingerprint density at radius 2 is 1.80 bits per heavy atom. The lowest BCUT2D eigenvalue weighted by atomic mass is 9.69. The average molecular weight is 477 g/mol. The van der Waals surface area contributed by atoms with Gasteiger partial charge in [-0.3, -0.25) is 4.79 Å². The van der Waals surface area contributed by atoms with Crippen LogP contribution in [0.5, 0.6) is 0 Å². The van der Waals surface area contributed by atoms with E-state index in [-0.39, 0.29) is 11.3 Å². The first-order chi connectivity index (χ1) is 16.8. The molecular weight excluding hydrogens is 455 g/mol. The number of rotatable bonds is 2. The Bertz CT molecular complexity index is 1420. The number of hydrogen-bond acceptors (Lipinski definition) is 4. The molecule has 178 valence electrons. The summed E-state index contributed by atoms with van der Waals surface area (Å²) in [5, 5.41) is 3.06. The molecule has 4 heterocycles. The van der Waals surface area contributed by atoms with E-state index >= 15 is 0 Å². The molecule has 1 saturated heterocycles. The van der Waals surface area contributed by atoms with E-state index in [0.29, 0.717) is 29.0 Å². The van der Waals surface area contributed by atoms with Gasteiger partial charge in [-0.05, 0) is 54.8 Å². The van der Waals surface area contributed by atoms with E-state index in [1.54, 1.807) is 6.20 Å². The van der Waals surface area contributed by atoms with Crippen LogP contribution in [0.2, 0.25) is 0 Å². The number of anilines is 1. The summed E-state index contributed by atoms with van der Waals surface area (Å²) in [4.78, 5) is 26.5. The van der Waals surface area contributed by atoms with Gasteiger partial charge in [-0.25, -0.2) is 9.97 Å². The van der Waals surface area contributed by atoms with E-state index in [4.69, 9.17) is 0 Å². The van der Waals surface area contributed by atoms with Gasteiger partial charge in [0.1, 0.15) is 11.6 Å². The van der Waals surface area contributed by atoms with Crippen molar-refractivity contribution in [3.05, 3.63) is 77.5 Å². The number of amides is 1. The van der Waals surface area contributed by atoms with E-state index in [2.05, 4.69) is 31.2 Å². The van der Waals surface area contributed by atoms with E-state index in [1.807, 2.05) is 30.3 Å². The quantitative estimate of drug-likeness (QED) is 0.430. The summed E-state index contributed by atoms with van der Waals surface area (Å²) >= 11 is 0. The number of fused-ring (bicyclic) bond motifs is 3. The predicted molar refractivity (Wildman–Crippen MR) is 126 cm³/mol. The molecule has 0 aliphatic carbocycles. The number of benzene rings is 2. The molecule has 1 fully saturated rings. The van der Waals surface area contributed by atoms with Crippen LogP contribution in [0.15, 0.2) is 60.8 Å². The highest BCUT2D eigenvalue weighted by Crippen LogP contribution is 2.40. The molecule has 0 bridgehead atoms. The summed E-state index contributed by atoms with van der Waals surface area (Å²) in [5.41, 5.74) is 2.63. The van der Waals surface area contributed by atoms with Gasteiger partial charge < -0.3 is 15.2 Å². The van der Waals surface area contributed by atoms with Gasteiger partial charge in [-0.2, -0.15) is 13.2 Å². The molecule has 2 aromatic carbocycles. The normalized spacial score (nSPS) is 17.5. The summed E-state index contributed by atoms with van der Waals surface area (Å²) in [6.45, 7) is 2.26. The molecule has 2 aliphatic rings. The van der Waals surface area contributed by atoms with Crippen molar-refractivity contribution in [1.29, 1.82) is 0 Å². The number of imidazole rings is 1. The van der Waals surface area contributed by atoms with Gasteiger partial charge in [-0.1, -0.05) is 18.2 Å². The maximum atomic E-state index is 13.0. The molecule has 1 spiro atoms. The maximum absolute atomic E-state index is 13.0. The molecule has 6 nitrogen and oxygen atoms in total. The Labute approximate surface area is 199 Å². The number of aromatic nitrogens is 3. The van der Waals surface area contributed by atoms with Gasteiger partial charge in [-0.15, -0.1) is 0 Å². The van der Waals surface area contributed by atoms with E-state index in [9.17, 15) is 18.0 Å². The number of halogens is 3. The molecule has 2 N–H and O–H groups in total. The Morgan fingerprint density at radius 3 is 2.54 bits per heavy atom. The maximum Gasteiger partial charge on any atom is 0.416 e. The Kier molecular flexibility index (Phi) is 4.84. The third-order valence-corrected chi connectivity index (χ3v) is 7.21. The van der Waals surface area contributed by atoms with E-state index < -0.39 is 11.7 Å². The van der Waals surface area contributed by atoms with Gasteiger partial charge in [0.15, 0.2) is 0 Å². The first-order valence-corrected chi connectivity index (χ1v) is 11.5. The number of pyridine rings is 1. The number of aromatic amines is 1. The Hall–Kier alpha value is -3.88. The third kappa shape index (κ3) is 3.71. The second-order valence-corrected chi connectivity index (χ2v) is 9.22. The highest BCUT2D eigenvalue weighted by molar-refractivity contribution is 5.97. The smallest absolute Gasteiger partial charge is 0.357 e. The summed E-state index contributed by atoms with van der Waals surface area (Å²) in [7, 11) is 0. The van der Waals surface area contributed by atoms with Crippen LogP contribution in [-0.2, 0) is 11.6 Å². The molecule has 1 amide bonds. The monoisotopic (exact) mass is 477 g/mol. The van der Waals surface area contributed by atoms with Crippen LogP contribution in [0.4, 0.5) is 19.0 Å². The van der Waals surface area contributed by atoms with Gasteiger partial charge >= 0.3 is 6.18 Å². The van der Waals surface area contributed by atoms with Crippen LogP contribution in [0.1, 0.15) is 34.3 Å². The molecule has 6 rings (SSSR count). The van der Waals surface area contributed by atoms with E-state index in [0.717, 1.165) is 55.0 Å². The van der Waals surface area contributed by atoms with Crippen LogP contribution < -0.4 is 10.2 Å². The van der Waals surface area contributed by atoms with Crippen molar-refractivity contribution in [2.24, 2.45) is 0 Å². The number of carbonyl (C=O) groups excluding carboxylic acids is 1. The SMILES string of the molecule is O=C1NCC2(CCN(c3ccc(-c4nc5ccc(C(F)(F)F)cc5[nH]4)cn3)CC2)c2ccccc21. The van der Waals surface area contributed by atoms with Crippen LogP contribution in [-0.4, -0.2) is 40.5 Å². The topological polar surface area (TPSA) is 73.9 Å². The second-order valence-electron chi connectivity index (χ2n) is 9.22. The zero-order valence-corrected chi connectivity index (χ0v) is 18.7. The number of hydrogen-bond donors (Lipinski definition) is 2. The fraction of sp³-hybridized carbons (Fsp3) is 0.269. The minimum Gasteiger partial charge on any atom is -0.357 e. The Morgan fingerprint density at radius 1 is 1.00 bits per heavy atom. The molecule has 0 unspecified atom stereocenters. The largest absolute Gasteiger partial charge is 0.416 e. The Balaban J connectivity index is 1.20.